The fourth-order valence-corrected chi connectivity index (χ4v) is 3.31. The van der Waals surface area contributed by atoms with Crippen LogP contribution in [-0.4, -0.2) is 18.0 Å². The molecule has 3 rings (SSSR count). The number of carbonyl (C=O) groups excluding carboxylic acids is 2. The Bertz CT molecular complexity index is 765. The van der Waals surface area contributed by atoms with Crippen LogP contribution in [0.1, 0.15) is 29.3 Å². The van der Waals surface area contributed by atoms with E-state index in [2.05, 4.69) is 11.4 Å². The minimum absolute atomic E-state index is 0.328. The Kier molecular flexibility index (Phi) is 5.11. The summed E-state index contributed by atoms with van der Waals surface area (Å²) in [6.07, 6.45) is 5.49. The van der Waals surface area contributed by atoms with Crippen molar-refractivity contribution in [3.8, 4) is 0 Å². The molecule has 1 aromatic carbocycles. The summed E-state index contributed by atoms with van der Waals surface area (Å²) in [6.45, 7) is 1.57. The van der Waals surface area contributed by atoms with Gasteiger partial charge >= 0.3 is 5.97 Å². The van der Waals surface area contributed by atoms with Gasteiger partial charge in [0.15, 0.2) is 6.10 Å². The molecule has 0 bridgehead atoms. The number of aryl methyl sites for hydroxylation is 2. The zero-order valence-electron chi connectivity index (χ0n) is 13.5. The Morgan fingerprint density at radius 1 is 1.25 bits per heavy atom. The van der Waals surface area contributed by atoms with Crippen LogP contribution in [0.2, 0.25) is 0 Å². The Labute approximate surface area is 145 Å². The highest BCUT2D eigenvalue weighted by Crippen LogP contribution is 2.25. The van der Waals surface area contributed by atoms with Gasteiger partial charge in [-0.2, -0.15) is 0 Å². The van der Waals surface area contributed by atoms with Gasteiger partial charge in [-0.25, -0.2) is 4.79 Å². The van der Waals surface area contributed by atoms with Gasteiger partial charge in [0, 0.05) is 16.6 Å². The van der Waals surface area contributed by atoms with Crippen molar-refractivity contribution in [1.29, 1.82) is 0 Å². The molecule has 1 atom stereocenters. The second-order valence-electron chi connectivity index (χ2n) is 5.75. The molecular weight excluding hydrogens is 322 g/mol. The fourth-order valence-electron chi connectivity index (χ4n) is 2.70. The topological polar surface area (TPSA) is 55.4 Å². The molecule has 0 saturated carbocycles. The summed E-state index contributed by atoms with van der Waals surface area (Å²) >= 11 is 1.53. The van der Waals surface area contributed by atoms with Crippen LogP contribution in [0, 0.1) is 0 Å². The van der Waals surface area contributed by atoms with Gasteiger partial charge in [0.25, 0.3) is 5.91 Å². The molecule has 1 aliphatic carbocycles. The van der Waals surface area contributed by atoms with Gasteiger partial charge in [0.1, 0.15) is 0 Å². The SMILES string of the molecule is C[C@H](OC(=O)/C=C/c1cccs1)C(=O)Nc1ccc2c(c1)CCC2. The smallest absolute Gasteiger partial charge is 0.331 e. The molecule has 1 heterocycles. The van der Waals surface area contributed by atoms with E-state index in [1.54, 1.807) is 13.0 Å². The summed E-state index contributed by atoms with van der Waals surface area (Å²) in [5.41, 5.74) is 3.39. The van der Waals surface area contributed by atoms with Crippen LogP contribution in [0.15, 0.2) is 41.8 Å². The molecule has 1 aliphatic rings. The zero-order chi connectivity index (χ0) is 16.9. The molecule has 1 N–H and O–H groups in total. The predicted molar refractivity (Wildman–Crippen MR) is 96.0 cm³/mol. The summed E-state index contributed by atoms with van der Waals surface area (Å²) in [6, 6.07) is 9.76. The van der Waals surface area contributed by atoms with E-state index < -0.39 is 12.1 Å². The third-order valence-corrected chi connectivity index (χ3v) is 4.79. The van der Waals surface area contributed by atoms with Crippen molar-refractivity contribution in [3.63, 3.8) is 0 Å². The van der Waals surface area contributed by atoms with Gasteiger partial charge in [-0.15, -0.1) is 11.3 Å². The lowest BCUT2D eigenvalue weighted by Crippen LogP contribution is -2.29. The van der Waals surface area contributed by atoms with Crippen LogP contribution in [0.3, 0.4) is 0 Å². The molecule has 5 heteroatoms. The van der Waals surface area contributed by atoms with Crippen molar-refractivity contribution in [2.24, 2.45) is 0 Å². The lowest BCUT2D eigenvalue weighted by Gasteiger charge is -2.13. The van der Waals surface area contributed by atoms with E-state index in [1.165, 1.54) is 28.5 Å². The highest BCUT2D eigenvalue weighted by molar-refractivity contribution is 7.10. The van der Waals surface area contributed by atoms with E-state index >= 15 is 0 Å². The molecule has 1 amide bonds. The molecule has 4 nitrogen and oxygen atoms in total. The molecule has 0 saturated heterocycles. The van der Waals surface area contributed by atoms with Gasteiger partial charge in [0.2, 0.25) is 0 Å². The largest absolute Gasteiger partial charge is 0.449 e. The van der Waals surface area contributed by atoms with E-state index in [-0.39, 0.29) is 5.91 Å². The average Bonchev–Trinajstić information content (AvgIpc) is 3.23. The molecule has 0 fully saturated rings. The summed E-state index contributed by atoms with van der Waals surface area (Å²) < 4.78 is 5.14. The number of rotatable bonds is 5. The minimum Gasteiger partial charge on any atom is -0.449 e. The van der Waals surface area contributed by atoms with Gasteiger partial charge in [-0.1, -0.05) is 12.1 Å². The molecule has 0 aliphatic heterocycles. The molecule has 1 aromatic heterocycles. The Morgan fingerprint density at radius 3 is 2.88 bits per heavy atom. The van der Waals surface area contributed by atoms with Gasteiger partial charge in [0.05, 0.1) is 0 Å². The molecular formula is C19H19NO3S. The molecule has 2 aromatic rings. The highest BCUT2D eigenvalue weighted by Gasteiger charge is 2.18. The van der Waals surface area contributed by atoms with Crippen molar-refractivity contribution in [2.75, 3.05) is 5.32 Å². The van der Waals surface area contributed by atoms with Crippen LogP contribution in [-0.2, 0) is 27.2 Å². The minimum atomic E-state index is -0.848. The summed E-state index contributed by atoms with van der Waals surface area (Å²) in [7, 11) is 0. The van der Waals surface area contributed by atoms with Gasteiger partial charge < -0.3 is 10.1 Å². The number of carbonyl (C=O) groups is 2. The highest BCUT2D eigenvalue weighted by atomic mass is 32.1. The zero-order valence-corrected chi connectivity index (χ0v) is 14.3. The number of ether oxygens (including phenoxy) is 1. The third kappa shape index (κ3) is 4.11. The number of thiophene rings is 1. The first-order chi connectivity index (χ1) is 11.6. The van der Waals surface area contributed by atoms with Crippen LogP contribution in [0.5, 0.6) is 0 Å². The van der Waals surface area contributed by atoms with Crippen molar-refractivity contribution < 1.29 is 14.3 Å². The Balaban J connectivity index is 1.53. The second-order valence-corrected chi connectivity index (χ2v) is 6.73. The van der Waals surface area contributed by atoms with E-state index in [0.717, 1.165) is 29.8 Å². The first-order valence-corrected chi connectivity index (χ1v) is 8.84. The fraction of sp³-hybridized carbons (Fsp3) is 0.263. The normalized spacial score (nSPS) is 14.4. The maximum Gasteiger partial charge on any atom is 0.331 e. The standard InChI is InChI=1S/C19H19NO3S/c1-13(23-18(21)10-9-17-6-3-11-24-17)19(22)20-16-8-7-14-4-2-5-15(14)12-16/h3,6-13H,2,4-5H2,1H3,(H,20,22)/b10-9+/t13-/m0/s1. The number of hydrogen-bond donors (Lipinski definition) is 1. The van der Waals surface area contributed by atoms with Crippen molar-refractivity contribution >= 4 is 35.0 Å². The van der Waals surface area contributed by atoms with Crippen LogP contribution in [0.4, 0.5) is 5.69 Å². The van der Waals surface area contributed by atoms with E-state index in [1.807, 2.05) is 29.6 Å². The van der Waals surface area contributed by atoms with Crippen LogP contribution >= 0.6 is 11.3 Å². The lowest BCUT2D eigenvalue weighted by molar-refractivity contribution is -0.148. The number of fused-ring (bicyclic) bond motifs is 1. The van der Waals surface area contributed by atoms with E-state index in [4.69, 9.17) is 4.74 Å². The number of benzene rings is 1. The maximum absolute atomic E-state index is 12.2. The van der Waals surface area contributed by atoms with E-state index in [0.29, 0.717) is 0 Å². The molecule has 0 spiro atoms. The molecule has 0 unspecified atom stereocenters. The van der Waals surface area contributed by atoms with Crippen molar-refractivity contribution in [3.05, 3.63) is 57.8 Å². The number of nitrogens with one attached hydrogen (secondary N) is 1. The monoisotopic (exact) mass is 341 g/mol. The Hall–Kier alpha value is -2.40. The molecule has 124 valence electrons. The number of anilines is 1. The van der Waals surface area contributed by atoms with Crippen LogP contribution in [0.25, 0.3) is 6.08 Å². The Morgan fingerprint density at radius 2 is 2.08 bits per heavy atom. The number of hydrogen-bond acceptors (Lipinski definition) is 4. The third-order valence-electron chi connectivity index (χ3n) is 3.96. The van der Waals surface area contributed by atoms with Crippen LogP contribution < -0.4 is 5.32 Å². The lowest BCUT2D eigenvalue weighted by atomic mass is 10.1. The predicted octanol–water partition coefficient (Wildman–Crippen LogP) is 3.82. The number of esters is 1. The summed E-state index contributed by atoms with van der Waals surface area (Å²) in [4.78, 5) is 24.9. The van der Waals surface area contributed by atoms with Gasteiger partial charge in [-0.3, -0.25) is 4.79 Å². The number of amides is 1. The van der Waals surface area contributed by atoms with Gasteiger partial charge in [-0.05, 0) is 67.0 Å². The summed E-state index contributed by atoms with van der Waals surface area (Å²) in [5, 5.41) is 4.74. The second kappa shape index (κ2) is 7.45. The first kappa shape index (κ1) is 16.5. The molecule has 0 radical (unpaired) electrons. The average molecular weight is 341 g/mol. The molecule has 24 heavy (non-hydrogen) atoms. The summed E-state index contributed by atoms with van der Waals surface area (Å²) in [5.74, 6) is -0.856. The van der Waals surface area contributed by atoms with Crippen molar-refractivity contribution in [2.45, 2.75) is 32.3 Å². The maximum atomic E-state index is 12.2. The van der Waals surface area contributed by atoms with Crippen molar-refractivity contribution in [1.82, 2.24) is 0 Å². The van der Waals surface area contributed by atoms with E-state index in [9.17, 15) is 9.59 Å². The first-order valence-electron chi connectivity index (χ1n) is 7.97. The quantitative estimate of drug-likeness (QED) is 0.664.